The van der Waals surface area contributed by atoms with Crippen molar-refractivity contribution in [3.05, 3.63) is 41.2 Å². The van der Waals surface area contributed by atoms with E-state index in [1.54, 1.807) is 30.7 Å². The van der Waals surface area contributed by atoms with Crippen molar-refractivity contribution in [1.29, 1.82) is 0 Å². The minimum Gasteiger partial charge on any atom is -0.508 e. The van der Waals surface area contributed by atoms with Gasteiger partial charge < -0.3 is 10.1 Å². The highest BCUT2D eigenvalue weighted by Gasteiger charge is 2.02. The molecule has 0 aliphatic rings. The molecule has 0 saturated carbocycles. The lowest BCUT2D eigenvalue weighted by atomic mass is 10.0. The zero-order valence-electron chi connectivity index (χ0n) is 9.23. The van der Waals surface area contributed by atoms with Crippen molar-refractivity contribution in [3.8, 4) is 5.75 Å². The lowest BCUT2D eigenvalue weighted by Crippen LogP contribution is -1.91. The fraction of sp³-hybridized carbons (Fsp3) is 0.167. The molecular weight excluding hydrogens is 202 g/mol. The van der Waals surface area contributed by atoms with Crippen molar-refractivity contribution in [1.82, 2.24) is 9.97 Å². The minimum absolute atomic E-state index is 0.283. The number of benzene rings is 1. The number of aryl methyl sites for hydroxylation is 2. The van der Waals surface area contributed by atoms with Gasteiger partial charge in [0.05, 0.1) is 0 Å². The second-order valence-electron chi connectivity index (χ2n) is 3.66. The molecule has 0 aliphatic carbocycles. The Morgan fingerprint density at radius 1 is 1.31 bits per heavy atom. The molecule has 1 aromatic carbocycles. The largest absolute Gasteiger partial charge is 0.508 e. The van der Waals surface area contributed by atoms with Crippen LogP contribution in [-0.4, -0.2) is 21.3 Å². The van der Waals surface area contributed by atoms with Gasteiger partial charge in [0.1, 0.15) is 5.75 Å². The molecule has 2 aromatic rings. The van der Waals surface area contributed by atoms with Gasteiger partial charge in [0, 0.05) is 18.6 Å². The Morgan fingerprint density at radius 2 is 2.00 bits per heavy atom. The van der Waals surface area contributed by atoms with Gasteiger partial charge in [0.2, 0.25) is 5.95 Å². The van der Waals surface area contributed by atoms with Crippen LogP contribution in [0.2, 0.25) is 0 Å². The topological polar surface area (TPSA) is 61.3 Å². The van der Waals surface area contributed by atoms with Gasteiger partial charge in [-0.2, -0.15) is 0 Å². The zero-order chi connectivity index (χ0) is 11.5. The van der Waals surface area contributed by atoms with Crippen molar-refractivity contribution < 1.29 is 5.11 Å². The van der Waals surface area contributed by atoms with Gasteiger partial charge in [-0.25, -0.2) is 9.98 Å². The van der Waals surface area contributed by atoms with Crippen molar-refractivity contribution >= 4 is 12.2 Å². The average molecular weight is 215 g/mol. The molecule has 82 valence electrons. The highest BCUT2D eigenvalue weighted by Crippen LogP contribution is 2.19. The van der Waals surface area contributed by atoms with E-state index in [4.69, 9.17) is 0 Å². The SMILES string of the molecule is Cc1cc(O)cc(C)c1C=Nc1ncc[nH]1. The Balaban J connectivity index is 2.35. The van der Waals surface area contributed by atoms with Gasteiger partial charge in [-0.05, 0) is 42.7 Å². The van der Waals surface area contributed by atoms with Crippen LogP contribution in [0.4, 0.5) is 5.95 Å². The van der Waals surface area contributed by atoms with E-state index in [-0.39, 0.29) is 5.75 Å². The van der Waals surface area contributed by atoms with E-state index in [0.717, 1.165) is 16.7 Å². The first-order valence-electron chi connectivity index (χ1n) is 5.00. The third kappa shape index (κ3) is 2.11. The number of aromatic nitrogens is 2. The molecule has 1 aromatic heterocycles. The Kier molecular flexibility index (Phi) is 2.72. The molecule has 4 heteroatoms. The first-order chi connectivity index (χ1) is 7.66. The molecule has 0 radical (unpaired) electrons. The summed E-state index contributed by atoms with van der Waals surface area (Å²) in [4.78, 5) is 11.1. The lowest BCUT2D eigenvalue weighted by Gasteiger charge is -2.05. The third-order valence-electron chi connectivity index (χ3n) is 2.38. The summed E-state index contributed by atoms with van der Waals surface area (Å²) in [5, 5.41) is 9.41. The maximum Gasteiger partial charge on any atom is 0.226 e. The number of phenolic OH excluding ortho intramolecular Hbond substituents is 1. The van der Waals surface area contributed by atoms with Crippen LogP contribution in [0.3, 0.4) is 0 Å². The lowest BCUT2D eigenvalue weighted by molar-refractivity contribution is 0.474. The number of hydrogen-bond acceptors (Lipinski definition) is 3. The molecule has 0 unspecified atom stereocenters. The average Bonchev–Trinajstić information content (AvgIpc) is 2.68. The van der Waals surface area contributed by atoms with E-state index in [2.05, 4.69) is 15.0 Å². The van der Waals surface area contributed by atoms with Gasteiger partial charge >= 0.3 is 0 Å². The van der Waals surface area contributed by atoms with Crippen molar-refractivity contribution in [3.63, 3.8) is 0 Å². The van der Waals surface area contributed by atoms with E-state index >= 15 is 0 Å². The fourth-order valence-electron chi connectivity index (χ4n) is 1.61. The van der Waals surface area contributed by atoms with Crippen molar-refractivity contribution in [2.45, 2.75) is 13.8 Å². The molecule has 0 fully saturated rings. The van der Waals surface area contributed by atoms with Gasteiger partial charge in [-0.15, -0.1) is 0 Å². The predicted octanol–water partition coefficient (Wildman–Crippen LogP) is 2.48. The van der Waals surface area contributed by atoms with Crippen LogP contribution in [0.5, 0.6) is 5.75 Å². The monoisotopic (exact) mass is 215 g/mol. The first kappa shape index (κ1) is 10.4. The highest BCUT2D eigenvalue weighted by atomic mass is 16.3. The van der Waals surface area contributed by atoms with Gasteiger partial charge in [0.25, 0.3) is 0 Å². The third-order valence-corrected chi connectivity index (χ3v) is 2.38. The van der Waals surface area contributed by atoms with Gasteiger partial charge in [-0.1, -0.05) is 0 Å². The van der Waals surface area contributed by atoms with E-state index in [0.29, 0.717) is 5.95 Å². The number of nitrogens with one attached hydrogen (secondary N) is 1. The molecule has 2 N–H and O–H groups in total. The standard InChI is InChI=1S/C12H13N3O/c1-8-5-10(16)6-9(2)11(8)7-15-12-13-3-4-14-12/h3-7,16H,1-2H3,(H,13,14). The number of aromatic hydroxyl groups is 1. The van der Waals surface area contributed by atoms with E-state index < -0.39 is 0 Å². The molecule has 0 amide bonds. The van der Waals surface area contributed by atoms with Gasteiger partial charge in [-0.3, -0.25) is 0 Å². The number of phenols is 1. The number of H-pyrrole nitrogens is 1. The summed E-state index contributed by atoms with van der Waals surface area (Å²) in [6.45, 7) is 3.88. The first-order valence-corrected chi connectivity index (χ1v) is 5.00. The Labute approximate surface area is 93.7 Å². The van der Waals surface area contributed by atoms with E-state index in [9.17, 15) is 5.11 Å². The Bertz CT molecular complexity index is 492. The van der Waals surface area contributed by atoms with Crippen molar-refractivity contribution in [2.24, 2.45) is 4.99 Å². The van der Waals surface area contributed by atoms with Crippen LogP contribution in [0.15, 0.2) is 29.5 Å². The molecule has 0 saturated heterocycles. The molecule has 1 heterocycles. The van der Waals surface area contributed by atoms with Crippen LogP contribution in [0.25, 0.3) is 0 Å². The Hall–Kier alpha value is -2.10. The fourth-order valence-corrected chi connectivity index (χ4v) is 1.61. The number of aliphatic imine (C=N–C) groups is 1. The van der Waals surface area contributed by atoms with Crippen LogP contribution < -0.4 is 0 Å². The molecule has 4 nitrogen and oxygen atoms in total. The summed E-state index contributed by atoms with van der Waals surface area (Å²) in [6, 6.07) is 3.44. The number of hydrogen-bond donors (Lipinski definition) is 2. The van der Waals surface area contributed by atoms with E-state index in [1.807, 2.05) is 13.8 Å². The molecule has 0 atom stereocenters. The molecule has 0 spiro atoms. The molecule has 16 heavy (non-hydrogen) atoms. The summed E-state index contributed by atoms with van der Waals surface area (Å²) in [5.41, 5.74) is 3.00. The van der Waals surface area contributed by atoms with Gasteiger partial charge in [0.15, 0.2) is 0 Å². The second kappa shape index (κ2) is 4.18. The molecule has 0 bridgehead atoms. The summed E-state index contributed by atoms with van der Waals surface area (Å²) in [5.74, 6) is 0.858. The van der Waals surface area contributed by atoms with Crippen LogP contribution in [-0.2, 0) is 0 Å². The molecular formula is C12H13N3O. The van der Waals surface area contributed by atoms with Crippen LogP contribution >= 0.6 is 0 Å². The second-order valence-corrected chi connectivity index (χ2v) is 3.66. The van der Waals surface area contributed by atoms with Crippen LogP contribution in [0.1, 0.15) is 16.7 Å². The zero-order valence-corrected chi connectivity index (χ0v) is 9.23. The van der Waals surface area contributed by atoms with E-state index in [1.165, 1.54) is 0 Å². The number of imidazole rings is 1. The maximum absolute atomic E-state index is 9.41. The predicted molar refractivity (Wildman–Crippen MR) is 63.4 cm³/mol. The van der Waals surface area contributed by atoms with Crippen LogP contribution in [0, 0.1) is 13.8 Å². The smallest absolute Gasteiger partial charge is 0.226 e. The minimum atomic E-state index is 0.283. The van der Waals surface area contributed by atoms with Crippen molar-refractivity contribution in [2.75, 3.05) is 0 Å². The summed E-state index contributed by atoms with van der Waals surface area (Å²) in [6.07, 6.45) is 5.13. The summed E-state index contributed by atoms with van der Waals surface area (Å²) < 4.78 is 0. The number of aromatic amines is 1. The molecule has 0 aliphatic heterocycles. The summed E-state index contributed by atoms with van der Waals surface area (Å²) >= 11 is 0. The quantitative estimate of drug-likeness (QED) is 0.756. The normalized spacial score (nSPS) is 11.1. The number of nitrogens with zero attached hydrogens (tertiary/aromatic N) is 2. The summed E-state index contributed by atoms with van der Waals surface area (Å²) in [7, 11) is 0. The number of rotatable bonds is 2. The maximum atomic E-state index is 9.41. The molecule has 2 rings (SSSR count). The Morgan fingerprint density at radius 3 is 2.56 bits per heavy atom. The highest BCUT2D eigenvalue weighted by molar-refractivity contribution is 5.85.